The lowest BCUT2D eigenvalue weighted by atomic mass is 9.72. The molecule has 266 valence electrons. The summed E-state index contributed by atoms with van der Waals surface area (Å²) in [6.45, 7) is 25.1. The van der Waals surface area contributed by atoms with Gasteiger partial charge >= 0.3 is 0 Å². The first-order valence-corrected chi connectivity index (χ1v) is 18.0. The zero-order valence-electron chi connectivity index (χ0n) is 31.5. The van der Waals surface area contributed by atoms with Crippen molar-refractivity contribution in [1.82, 2.24) is 14.9 Å². The standard InChI is InChI=1S/C40H63N5O3/c1-12-16-22-45(41)39(46)30(13-2)23-28(7)43-35(14-3)31-19-20-36-33(24-31)34(25-40(9,10)26-48-27(5)6)38(44(36)15-4)32-18-17-21-42-37(32)29(8)47-11/h14,17-21,24,29-30,33-34,36,38H,5,12-13,15-16,22-23,25-26,41H2,1-4,6-11H3/b35-14-,43-28?. The first kappa shape index (κ1) is 39.4. The Bertz CT molecular complexity index is 1360. The number of methoxy groups -OCH3 is 1. The Morgan fingerprint density at radius 2 is 2.00 bits per heavy atom. The number of unbranched alkanes of at least 4 members (excludes halogenated alkanes) is 1. The summed E-state index contributed by atoms with van der Waals surface area (Å²) >= 11 is 0. The van der Waals surface area contributed by atoms with E-state index in [1.807, 2.05) is 33.9 Å². The Hall–Kier alpha value is -3.07. The van der Waals surface area contributed by atoms with E-state index in [1.165, 1.54) is 10.6 Å². The second-order valence-corrected chi connectivity index (χ2v) is 14.4. The van der Waals surface area contributed by atoms with Crippen LogP contribution in [0.25, 0.3) is 0 Å². The number of nitrogens with zero attached hydrogens (tertiary/aromatic N) is 4. The van der Waals surface area contributed by atoms with E-state index in [4.69, 9.17) is 25.3 Å². The highest BCUT2D eigenvalue weighted by molar-refractivity contribution is 5.89. The van der Waals surface area contributed by atoms with Gasteiger partial charge in [-0.2, -0.15) is 0 Å². The smallest absolute Gasteiger partial charge is 0.239 e. The number of nitrogens with two attached hydrogens (primary N) is 1. The number of fused-ring (bicyclic) bond motifs is 1. The van der Waals surface area contributed by atoms with Crippen LogP contribution in [0.3, 0.4) is 0 Å². The van der Waals surface area contributed by atoms with Crippen molar-refractivity contribution < 1.29 is 14.3 Å². The molecule has 0 radical (unpaired) electrons. The monoisotopic (exact) mass is 661 g/mol. The molecule has 2 aliphatic rings. The van der Waals surface area contributed by atoms with Crippen molar-refractivity contribution in [3.63, 3.8) is 0 Å². The third kappa shape index (κ3) is 9.76. The number of likely N-dealkylation sites (tertiary alicyclic amines) is 1. The van der Waals surface area contributed by atoms with Crippen LogP contribution in [0.15, 0.2) is 71.2 Å². The number of rotatable bonds is 18. The number of aromatic nitrogens is 1. The van der Waals surface area contributed by atoms with Gasteiger partial charge in [0.25, 0.3) is 0 Å². The molecular formula is C40H63N5O3. The fourth-order valence-corrected chi connectivity index (χ4v) is 7.41. The third-order valence-corrected chi connectivity index (χ3v) is 9.97. The van der Waals surface area contributed by atoms with Crippen LogP contribution in [0.5, 0.6) is 0 Å². The number of likely N-dealkylation sites (N-methyl/N-ethyl adjacent to an activating group) is 1. The van der Waals surface area contributed by atoms with Gasteiger partial charge in [-0.15, -0.1) is 0 Å². The minimum absolute atomic E-state index is 0.00236. The summed E-state index contributed by atoms with van der Waals surface area (Å²) in [6.07, 6.45) is 15.1. The predicted molar refractivity (Wildman–Crippen MR) is 198 cm³/mol. The first-order valence-electron chi connectivity index (χ1n) is 18.0. The van der Waals surface area contributed by atoms with Gasteiger partial charge in [0.2, 0.25) is 5.91 Å². The first-order chi connectivity index (χ1) is 22.8. The highest BCUT2D eigenvalue weighted by atomic mass is 16.5. The Morgan fingerprint density at radius 3 is 2.60 bits per heavy atom. The predicted octanol–water partition coefficient (Wildman–Crippen LogP) is 8.51. The van der Waals surface area contributed by atoms with Crippen LogP contribution in [0.2, 0.25) is 0 Å². The minimum atomic E-state index is -0.182. The SMILES string of the molecule is C=C(C)OCC(C)(C)CC1C2C=C(/C(=C/C)N=C(C)CC(CC)C(=O)N(N)CCCC)C=CC2N(CC)C1c1cccnc1C(C)OC. The second kappa shape index (κ2) is 18.1. The molecule has 1 aromatic heterocycles. The largest absolute Gasteiger partial charge is 0.498 e. The van der Waals surface area contributed by atoms with Crippen molar-refractivity contribution in [2.75, 3.05) is 26.8 Å². The molecule has 3 rings (SSSR count). The number of hydrogen-bond donors (Lipinski definition) is 1. The fourth-order valence-electron chi connectivity index (χ4n) is 7.41. The normalized spacial score (nSPS) is 23.0. The summed E-state index contributed by atoms with van der Waals surface area (Å²) in [7, 11) is 1.75. The van der Waals surface area contributed by atoms with Crippen molar-refractivity contribution in [3.8, 4) is 0 Å². The van der Waals surface area contributed by atoms with Gasteiger partial charge in [-0.25, -0.2) is 5.84 Å². The van der Waals surface area contributed by atoms with Crippen LogP contribution >= 0.6 is 0 Å². The maximum absolute atomic E-state index is 13.1. The van der Waals surface area contributed by atoms with Crippen molar-refractivity contribution in [1.29, 1.82) is 0 Å². The Balaban J connectivity index is 2.02. The van der Waals surface area contributed by atoms with E-state index in [0.717, 1.165) is 60.7 Å². The molecule has 1 fully saturated rings. The molecule has 8 nitrogen and oxygen atoms in total. The number of hydrazine groups is 1. The van der Waals surface area contributed by atoms with Crippen LogP contribution in [-0.2, 0) is 14.3 Å². The Labute approximate surface area is 291 Å². The molecule has 0 saturated carbocycles. The number of carbonyl (C=O) groups excluding carboxylic acids is 1. The summed E-state index contributed by atoms with van der Waals surface area (Å²) in [5.41, 5.74) is 5.13. The van der Waals surface area contributed by atoms with Gasteiger partial charge in [0, 0.05) is 49.5 Å². The van der Waals surface area contributed by atoms with Crippen LogP contribution < -0.4 is 5.84 Å². The molecule has 1 aliphatic heterocycles. The zero-order valence-corrected chi connectivity index (χ0v) is 31.5. The van der Waals surface area contributed by atoms with Gasteiger partial charge in [-0.1, -0.05) is 78.0 Å². The number of carbonyl (C=O) groups is 1. The van der Waals surface area contributed by atoms with Crippen LogP contribution in [0, 0.1) is 23.2 Å². The minimum Gasteiger partial charge on any atom is -0.498 e. The van der Waals surface area contributed by atoms with E-state index in [2.05, 4.69) is 82.5 Å². The third-order valence-electron chi connectivity index (χ3n) is 9.97. The van der Waals surface area contributed by atoms with E-state index >= 15 is 0 Å². The number of hydrogen-bond acceptors (Lipinski definition) is 7. The summed E-state index contributed by atoms with van der Waals surface area (Å²) in [5, 5.41) is 1.40. The van der Waals surface area contributed by atoms with E-state index in [0.29, 0.717) is 19.6 Å². The quantitative estimate of drug-likeness (QED) is 0.0558. The lowest BCUT2D eigenvalue weighted by Gasteiger charge is -2.35. The molecule has 1 amide bonds. The number of amides is 1. The molecule has 6 atom stereocenters. The van der Waals surface area contributed by atoms with Gasteiger partial charge in [-0.05, 0) is 88.5 Å². The summed E-state index contributed by atoms with van der Waals surface area (Å²) in [5.74, 6) is 7.23. The molecule has 0 spiro atoms. The van der Waals surface area contributed by atoms with E-state index in [9.17, 15) is 4.79 Å². The molecule has 2 heterocycles. The summed E-state index contributed by atoms with van der Waals surface area (Å²) in [6, 6.07) is 4.68. The van der Waals surface area contributed by atoms with Crippen molar-refractivity contribution in [2.45, 2.75) is 113 Å². The van der Waals surface area contributed by atoms with Gasteiger partial charge in [0.15, 0.2) is 0 Å². The van der Waals surface area contributed by atoms with Crippen LogP contribution in [0.4, 0.5) is 0 Å². The number of ether oxygens (including phenoxy) is 2. The highest BCUT2D eigenvalue weighted by Gasteiger charge is 2.50. The molecule has 8 heteroatoms. The maximum atomic E-state index is 13.1. The molecule has 48 heavy (non-hydrogen) atoms. The molecule has 1 aliphatic carbocycles. The van der Waals surface area contributed by atoms with E-state index in [1.54, 1.807) is 7.11 Å². The molecule has 1 aromatic rings. The van der Waals surface area contributed by atoms with Crippen LogP contribution in [-0.4, -0.2) is 59.4 Å². The molecular weight excluding hydrogens is 598 g/mol. The van der Waals surface area contributed by atoms with Gasteiger partial charge < -0.3 is 9.47 Å². The average Bonchev–Trinajstić information content (AvgIpc) is 3.38. The van der Waals surface area contributed by atoms with E-state index in [-0.39, 0.29) is 47.3 Å². The van der Waals surface area contributed by atoms with Crippen molar-refractivity contribution in [2.24, 2.45) is 34.0 Å². The summed E-state index contributed by atoms with van der Waals surface area (Å²) < 4.78 is 11.8. The van der Waals surface area contributed by atoms with Gasteiger partial charge in [-0.3, -0.25) is 24.7 Å². The average molecular weight is 662 g/mol. The fraction of sp³-hybridized carbons (Fsp3) is 0.625. The molecule has 0 bridgehead atoms. The zero-order chi connectivity index (χ0) is 35.6. The highest BCUT2D eigenvalue weighted by Crippen LogP contribution is 2.53. The van der Waals surface area contributed by atoms with Crippen molar-refractivity contribution in [3.05, 3.63) is 77.5 Å². The number of allylic oxidation sites excluding steroid dienone is 3. The topological polar surface area (TPSA) is 93.3 Å². The lowest BCUT2D eigenvalue weighted by molar-refractivity contribution is -0.135. The van der Waals surface area contributed by atoms with Gasteiger partial charge in [0.1, 0.15) is 0 Å². The Morgan fingerprint density at radius 1 is 1.27 bits per heavy atom. The molecule has 1 saturated heterocycles. The van der Waals surface area contributed by atoms with Gasteiger partial charge in [0.05, 0.1) is 29.9 Å². The maximum Gasteiger partial charge on any atom is 0.239 e. The Kier molecular flexibility index (Phi) is 14.8. The van der Waals surface area contributed by atoms with Crippen molar-refractivity contribution >= 4 is 11.6 Å². The second-order valence-electron chi connectivity index (χ2n) is 14.4. The molecule has 2 N–H and O–H groups in total. The molecule has 0 aromatic carbocycles. The lowest BCUT2D eigenvalue weighted by Crippen LogP contribution is -2.42. The number of pyridine rings is 1. The number of aliphatic imine (C=N–C) groups is 1. The van der Waals surface area contributed by atoms with E-state index < -0.39 is 0 Å². The van der Waals surface area contributed by atoms with Crippen LogP contribution in [0.1, 0.15) is 118 Å². The molecule has 6 unspecified atom stereocenters. The summed E-state index contributed by atoms with van der Waals surface area (Å²) in [4.78, 5) is 25.7.